The van der Waals surface area contributed by atoms with E-state index in [1.54, 1.807) is 6.20 Å². The first-order valence-electron chi connectivity index (χ1n) is 5.70. The van der Waals surface area contributed by atoms with E-state index >= 15 is 0 Å². The van der Waals surface area contributed by atoms with Gasteiger partial charge in [-0.1, -0.05) is 0 Å². The van der Waals surface area contributed by atoms with Gasteiger partial charge in [0.15, 0.2) is 11.1 Å². The zero-order valence-electron chi connectivity index (χ0n) is 9.58. The van der Waals surface area contributed by atoms with E-state index in [0.29, 0.717) is 6.04 Å². The molecule has 1 aromatic rings. The highest BCUT2D eigenvalue weighted by atomic mass is 32.2. The second kappa shape index (κ2) is 6.09. The molecule has 1 fully saturated rings. The minimum Gasteiger partial charge on any atom is -0.381 e. The molecule has 2 N–H and O–H groups in total. The molecule has 0 saturated carbocycles. The maximum absolute atomic E-state index is 10.7. The van der Waals surface area contributed by atoms with Gasteiger partial charge in [-0.05, 0) is 25.0 Å². The van der Waals surface area contributed by atoms with Crippen LogP contribution in [0.2, 0.25) is 0 Å². The van der Waals surface area contributed by atoms with Crippen LogP contribution in [0, 0.1) is 0 Å². The van der Waals surface area contributed by atoms with Gasteiger partial charge < -0.3 is 9.87 Å². The molecule has 0 radical (unpaired) electrons. The van der Waals surface area contributed by atoms with E-state index in [-0.39, 0.29) is 5.88 Å². The summed E-state index contributed by atoms with van der Waals surface area (Å²) in [6.07, 6.45) is 5.55. The van der Waals surface area contributed by atoms with Crippen LogP contribution in [0.25, 0.3) is 0 Å². The SMILES string of the molecule is O=S(O)CN1CCC(Nc2cccnc2)CC1. The molecule has 17 heavy (non-hydrogen) atoms. The highest BCUT2D eigenvalue weighted by Crippen LogP contribution is 2.15. The van der Waals surface area contributed by atoms with Crippen molar-refractivity contribution in [3.8, 4) is 0 Å². The Morgan fingerprint density at radius 3 is 2.88 bits per heavy atom. The van der Waals surface area contributed by atoms with Crippen molar-refractivity contribution in [1.29, 1.82) is 0 Å². The molecular weight excluding hydrogens is 238 g/mol. The summed E-state index contributed by atoms with van der Waals surface area (Å²) in [5, 5.41) is 3.43. The summed E-state index contributed by atoms with van der Waals surface area (Å²) in [5.74, 6) is 0.264. The monoisotopic (exact) mass is 255 g/mol. The summed E-state index contributed by atoms with van der Waals surface area (Å²) in [4.78, 5) is 6.08. The lowest BCUT2D eigenvalue weighted by atomic mass is 10.1. The molecule has 5 nitrogen and oxygen atoms in total. The molecule has 0 bridgehead atoms. The maximum Gasteiger partial charge on any atom is 0.167 e. The molecule has 1 saturated heterocycles. The molecule has 0 spiro atoms. The smallest absolute Gasteiger partial charge is 0.167 e. The van der Waals surface area contributed by atoms with Gasteiger partial charge in [0, 0.05) is 31.5 Å². The van der Waals surface area contributed by atoms with Crippen molar-refractivity contribution in [2.45, 2.75) is 18.9 Å². The molecule has 0 aromatic carbocycles. The van der Waals surface area contributed by atoms with Gasteiger partial charge in [-0.2, -0.15) is 0 Å². The van der Waals surface area contributed by atoms with E-state index in [4.69, 9.17) is 4.55 Å². The fourth-order valence-corrected chi connectivity index (χ4v) is 2.62. The van der Waals surface area contributed by atoms with Crippen LogP contribution in [-0.2, 0) is 11.1 Å². The lowest BCUT2D eigenvalue weighted by Gasteiger charge is -2.31. The summed E-state index contributed by atoms with van der Waals surface area (Å²) < 4.78 is 19.5. The largest absolute Gasteiger partial charge is 0.381 e. The number of pyridine rings is 1. The van der Waals surface area contributed by atoms with Crippen molar-refractivity contribution in [3.05, 3.63) is 24.5 Å². The molecule has 0 amide bonds. The molecule has 1 unspecified atom stereocenters. The fraction of sp³-hybridized carbons (Fsp3) is 0.545. The number of hydrogen-bond acceptors (Lipinski definition) is 4. The molecule has 1 aliphatic rings. The van der Waals surface area contributed by atoms with Crippen molar-refractivity contribution in [3.63, 3.8) is 0 Å². The number of rotatable bonds is 4. The quantitative estimate of drug-likeness (QED) is 0.790. The van der Waals surface area contributed by atoms with Gasteiger partial charge in [-0.15, -0.1) is 0 Å². The average molecular weight is 255 g/mol. The minimum atomic E-state index is -1.72. The van der Waals surface area contributed by atoms with Crippen molar-refractivity contribution in [2.75, 3.05) is 24.3 Å². The number of nitrogens with one attached hydrogen (secondary N) is 1. The van der Waals surface area contributed by atoms with Crippen LogP contribution in [0.3, 0.4) is 0 Å². The molecule has 94 valence electrons. The van der Waals surface area contributed by atoms with E-state index in [0.717, 1.165) is 31.6 Å². The van der Waals surface area contributed by atoms with Crippen LogP contribution in [0.4, 0.5) is 5.69 Å². The number of likely N-dealkylation sites (tertiary alicyclic amines) is 1. The third-order valence-corrected chi connectivity index (χ3v) is 3.50. The normalized spacial score (nSPS) is 20.1. The van der Waals surface area contributed by atoms with Crippen LogP contribution in [0.15, 0.2) is 24.5 Å². The Hall–Kier alpha value is -0.980. The van der Waals surface area contributed by atoms with Crippen molar-refractivity contribution in [2.24, 2.45) is 0 Å². The lowest BCUT2D eigenvalue weighted by Crippen LogP contribution is -2.40. The fourth-order valence-electron chi connectivity index (χ4n) is 2.05. The Balaban J connectivity index is 1.78. The Morgan fingerprint density at radius 2 is 2.29 bits per heavy atom. The van der Waals surface area contributed by atoms with Crippen molar-refractivity contribution in [1.82, 2.24) is 9.88 Å². The summed E-state index contributed by atoms with van der Waals surface area (Å²) in [6, 6.07) is 4.34. The second-order valence-corrected chi connectivity index (χ2v) is 5.13. The third-order valence-electron chi connectivity index (χ3n) is 2.91. The van der Waals surface area contributed by atoms with Gasteiger partial charge in [0.25, 0.3) is 0 Å². The van der Waals surface area contributed by atoms with E-state index < -0.39 is 11.1 Å². The van der Waals surface area contributed by atoms with Crippen molar-refractivity contribution >= 4 is 16.8 Å². The Bertz CT molecular complexity index is 366. The maximum atomic E-state index is 10.7. The summed E-state index contributed by atoms with van der Waals surface area (Å²) >= 11 is -1.72. The van der Waals surface area contributed by atoms with Gasteiger partial charge in [0.05, 0.1) is 5.69 Å². The third kappa shape index (κ3) is 4.07. The zero-order chi connectivity index (χ0) is 12.1. The summed E-state index contributed by atoms with van der Waals surface area (Å²) in [7, 11) is 0. The molecule has 2 rings (SSSR count). The second-order valence-electron chi connectivity index (χ2n) is 4.23. The van der Waals surface area contributed by atoms with Gasteiger partial charge in [-0.3, -0.25) is 9.88 Å². The van der Waals surface area contributed by atoms with E-state index in [9.17, 15) is 4.21 Å². The first-order chi connectivity index (χ1) is 8.24. The Labute approximate surface area is 104 Å². The standard InChI is InChI=1S/C11H17N3O2S/c15-17(16)9-14-6-3-10(4-7-14)13-11-2-1-5-12-8-11/h1-2,5,8,10,13H,3-4,6-7,9H2,(H,15,16). The van der Waals surface area contributed by atoms with Gasteiger partial charge in [0.1, 0.15) is 5.88 Å². The number of aromatic nitrogens is 1. The minimum absolute atomic E-state index is 0.264. The first-order valence-corrected chi connectivity index (χ1v) is 6.98. The number of anilines is 1. The predicted octanol–water partition coefficient (Wildman–Crippen LogP) is 1.14. The van der Waals surface area contributed by atoms with Crippen LogP contribution < -0.4 is 5.32 Å². The summed E-state index contributed by atoms with van der Waals surface area (Å²) in [6.45, 7) is 1.73. The average Bonchev–Trinajstić information content (AvgIpc) is 2.32. The highest BCUT2D eigenvalue weighted by molar-refractivity contribution is 7.79. The first kappa shape index (κ1) is 12.5. The summed E-state index contributed by atoms with van der Waals surface area (Å²) in [5.41, 5.74) is 1.04. The van der Waals surface area contributed by atoms with Gasteiger partial charge in [-0.25, -0.2) is 4.21 Å². The molecule has 1 aromatic heterocycles. The van der Waals surface area contributed by atoms with Gasteiger partial charge in [0.2, 0.25) is 0 Å². The molecule has 1 atom stereocenters. The van der Waals surface area contributed by atoms with E-state index in [1.165, 1.54) is 0 Å². The molecule has 1 aliphatic heterocycles. The van der Waals surface area contributed by atoms with Crippen molar-refractivity contribution < 1.29 is 8.76 Å². The van der Waals surface area contributed by atoms with Crippen LogP contribution >= 0.6 is 0 Å². The topological polar surface area (TPSA) is 65.5 Å². The molecule has 2 heterocycles. The number of hydrogen-bond donors (Lipinski definition) is 2. The van der Waals surface area contributed by atoms with E-state index in [1.807, 2.05) is 23.2 Å². The van der Waals surface area contributed by atoms with E-state index in [2.05, 4.69) is 10.3 Å². The van der Waals surface area contributed by atoms with Gasteiger partial charge >= 0.3 is 0 Å². The molecular formula is C11H17N3O2S. The van der Waals surface area contributed by atoms with Crippen LogP contribution in [-0.4, -0.2) is 43.7 Å². The number of piperidine rings is 1. The molecule has 0 aliphatic carbocycles. The van der Waals surface area contributed by atoms with Crippen LogP contribution in [0.5, 0.6) is 0 Å². The highest BCUT2D eigenvalue weighted by Gasteiger charge is 2.19. The van der Waals surface area contributed by atoms with Crippen LogP contribution in [0.1, 0.15) is 12.8 Å². The Morgan fingerprint density at radius 1 is 1.53 bits per heavy atom. The zero-order valence-corrected chi connectivity index (χ0v) is 10.4. The predicted molar refractivity (Wildman–Crippen MR) is 68.1 cm³/mol. The Kier molecular flexibility index (Phi) is 4.47. The molecule has 6 heteroatoms. The number of nitrogens with zero attached hydrogens (tertiary/aromatic N) is 2. The lowest BCUT2D eigenvalue weighted by molar-refractivity contribution is 0.248.